The lowest BCUT2D eigenvalue weighted by Crippen LogP contribution is -2.30. The van der Waals surface area contributed by atoms with Gasteiger partial charge >= 0.3 is 0 Å². The van der Waals surface area contributed by atoms with Crippen LogP contribution in [0.1, 0.15) is 29.6 Å². The minimum Gasteiger partial charge on any atom is -0.351 e. The maximum atomic E-state index is 12.0. The summed E-state index contributed by atoms with van der Waals surface area (Å²) in [5.74, 6) is 0.455. The molecular weight excluding hydrogens is 293 g/mol. The van der Waals surface area contributed by atoms with Crippen LogP contribution >= 0.6 is 34.8 Å². The van der Waals surface area contributed by atoms with Crippen LogP contribution < -0.4 is 5.32 Å². The van der Waals surface area contributed by atoms with Crippen LogP contribution in [0.4, 0.5) is 0 Å². The molecule has 0 spiro atoms. The zero-order valence-corrected chi connectivity index (χ0v) is 12.1. The van der Waals surface area contributed by atoms with Gasteiger partial charge in [-0.25, -0.2) is 0 Å². The molecule has 0 atom stereocenters. The van der Waals surface area contributed by atoms with Crippen LogP contribution in [-0.2, 0) is 0 Å². The van der Waals surface area contributed by atoms with Crippen molar-refractivity contribution >= 4 is 40.7 Å². The molecule has 1 N–H and O–H groups in total. The van der Waals surface area contributed by atoms with Crippen LogP contribution in [0.2, 0.25) is 10.0 Å². The third-order valence-corrected chi connectivity index (χ3v) is 4.41. The largest absolute Gasteiger partial charge is 0.351 e. The summed E-state index contributed by atoms with van der Waals surface area (Å²) in [6, 6.07) is 5.05. The van der Waals surface area contributed by atoms with Crippen molar-refractivity contribution in [2.75, 3.05) is 12.4 Å². The van der Waals surface area contributed by atoms with Crippen LogP contribution in [0.25, 0.3) is 0 Å². The van der Waals surface area contributed by atoms with Gasteiger partial charge in [-0.05, 0) is 36.8 Å². The molecule has 1 aliphatic carbocycles. The molecule has 0 aromatic heterocycles. The number of amides is 1. The molecule has 98 valence electrons. The summed E-state index contributed by atoms with van der Waals surface area (Å²) in [7, 11) is 0. The Morgan fingerprint density at radius 3 is 2.67 bits per heavy atom. The first-order valence-corrected chi connectivity index (χ1v) is 7.15. The van der Waals surface area contributed by atoms with E-state index >= 15 is 0 Å². The fourth-order valence-corrected chi connectivity index (χ4v) is 2.72. The maximum Gasteiger partial charge on any atom is 0.252 e. The molecule has 1 fully saturated rings. The van der Waals surface area contributed by atoms with E-state index in [-0.39, 0.29) is 11.3 Å². The second-order valence-electron chi connectivity index (χ2n) is 4.72. The van der Waals surface area contributed by atoms with Crippen LogP contribution in [0.15, 0.2) is 18.2 Å². The number of nitrogens with one attached hydrogen (secondary N) is 1. The smallest absolute Gasteiger partial charge is 0.252 e. The molecule has 1 aromatic carbocycles. The number of hydrogen-bond donors (Lipinski definition) is 1. The van der Waals surface area contributed by atoms with Crippen molar-refractivity contribution in [1.82, 2.24) is 5.32 Å². The van der Waals surface area contributed by atoms with Crippen LogP contribution in [0, 0.1) is 5.41 Å². The van der Waals surface area contributed by atoms with Gasteiger partial charge in [-0.2, -0.15) is 0 Å². The molecule has 1 saturated carbocycles. The zero-order chi connectivity index (χ0) is 13.2. The molecule has 18 heavy (non-hydrogen) atoms. The molecule has 0 aliphatic heterocycles. The predicted molar refractivity (Wildman–Crippen MR) is 75.8 cm³/mol. The summed E-state index contributed by atoms with van der Waals surface area (Å²) >= 11 is 17.6. The first-order chi connectivity index (χ1) is 8.58. The van der Waals surface area contributed by atoms with Gasteiger partial charge in [0.05, 0.1) is 15.6 Å². The van der Waals surface area contributed by atoms with Gasteiger partial charge in [0, 0.05) is 12.4 Å². The van der Waals surface area contributed by atoms with E-state index in [0.717, 1.165) is 19.3 Å². The second kappa shape index (κ2) is 5.68. The van der Waals surface area contributed by atoms with E-state index < -0.39 is 0 Å². The van der Waals surface area contributed by atoms with Gasteiger partial charge in [-0.1, -0.05) is 29.3 Å². The Kier molecular flexibility index (Phi) is 4.41. The Labute approximate surface area is 122 Å². The van der Waals surface area contributed by atoms with E-state index in [2.05, 4.69) is 5.32 Å². The van der Waals surface area contributed by atoms with Crippen molar-refractivity contribution in [3.8, 4) is 0 Å². The highest BCUT2D eigenvalue weighted by Crippen LogP contribution is 2.48. The molecule has 1 aromatic rings. The number of alkyl halides is 1. The van der Waals surface area contributed by atoms with Crippen LogP contribution in [-0.4, -0.2) is 18.3 Å². The summed E-state index contributed by atoms with van der Waals surface area (Å²) in [4.78, 5) is 12.0. The highest BCUT2D eigenvalue weighted by Gasteiger charge is 2.41. The molecule has 0 unspecified atom stereocenters. The van der Waals surface area contributed by atoms with E-state index in [1.165, 1.54) is 0 Å². The molecule has 0 bridgehead atoms. The van der Waals surface area contributed by atoms with Crippen molar-refractivity contribution < 1.29 is 4.79 Å². The zero-order valence-electron chi connectivity index (χ0n) is 9.81. The van der Waals surface area contributed by atoms with Gasteiger partial charge in [-0.3, -0.25) is 4.79 Å². The Bertz CT molecular complexity index is 458. The van der Waals surface area contributed by atoms with Crippen molar-refractivity contribution in [2.24, 2.45) is 5.41 Å². The molecule has 0 heterocycles. The van der Waals surface area contributed by atoms with E-state index in [1.54, 1.807) is 18.2 Å². The Hall–Kier alpha value is -0.440. The fraction of sp³-hybridized carbons (Fsp3) is 0.462. The molecule has 2 rings (SSSR count). The highest BCUT2D eigenvalue weighted by atomic mass is 35.5. The Balaban J connectivity index is 1.98. The van der Waals surface area contributed by atoms with Gasteiger partial charge in [0.25, 0.3) is 5.91 Å². The van der Waals surface area contributed by atoms with Crippen molar-refractivity contribution in [3.05, 3.63) is 33.8 Å². The number of carbonyl (C=O) groups is 1. The van der Waals surface area contributed by atoms with E-state index in [9.17, 15) is 4.79 Å². The second-order valence-corrected chi connectivity index (χ2v) is 5.89. The fourth-order valence-electron chi connectivity index (χ4n) is 1.93. The van der Waals surface area contributed by atoms with Crippen molar-refractivity contribution in [1.29, 1.82) is 0 Å². The van der Waals surface area contributed by atoms with Crippen LogP contribution in [0.5, 0.6) is 0 Å². The first kappa shape index (κ1) is 14.0. The van der Waals surface area contributed by atoms with Gasteiger partial charge in [0.1, 0.15) is 0 Å². The third kappa shape index (κ3) is 3.11. The quantitative estimate of drug-likeness (QED) is 0.814. The minimum absolute atomic E-state index is 0.177. The number of carbonyl (C=O) groups excluding carboxylic acids is 1. The van der Waals surface area contributed by atoms with E-state index in [0.29, 0.717) is 28.0 Å². The standard InChI is InChI=1S/C13H14Cl3NO/c14-7-6-13(4-5-13)8-17-12(18)9-2-1-3-10(15)11(9)16/h1-3H,4-8H2,(H,17,18). The average Bonchev–Trinajstić information content (AvgIpc) is 3.11. The van der Waals surface area contributed by atoms with Gasteiger partial charge < -0.3 is 5.32 Å². The molecule has 0 radical (unpaired) electrons. The van der Waals surface area contributed by atoms with Gasteiger partial charge in [0.2, 0.25) is 0 Å². The predicted octanol–water partition coefficient (Wildman–Crippen LogP) is 4.13. The number of rotatable bonds is 5. The van der Waals surface area contributed by atoms with E-state index in [4.69, 9.17) is 34.8 Å². The molecule has 1 aliphatic rings. The Morgan fingerprint density at radius 2 is 2.06 bits per heavy atom. The molecule has 2 nitrogen and oxygen atoms in total. The molecule has 1 amide bonds. The summed E-state index contributed by atoms with van der Waals surface area (Å²) in [5, 5.41) is 3.61. The summed E-state index contributed by atoms with van der Waals surface area (Å²) in [6.45, 7) is 0.654. The summed E-state index contributed by atoms with van der Waals surface area (Å²) in [6.07, 6.45) is 3.20. The average molecular weight is 307 g/mol. The lowest BCUT2D eigenvalue weighted by atomic mass is 10.0. The Morgan fingerprint density at radius 1 is 1.33 bits per heavy atom. The minimum atomic E-state index is -0.177. The maximum absolute atomic E-state index is 12.0. The lowest BCUT2D eigenvalue weighted by molar-refractivity contribution is 0.0944. The number of hydrogen-bond acceptors (Lipinski definition) is 1. The molecular formula is C13H14Cl3NO. The van der Waals surface area contributed by atoms with Gasteiger partial charge in [0.15, 0.2) is 0 Å². The van der Waals surface area contributed by atoms with Crippen molar-refractivity contribution in [3.63, 3.8) is 0 Å². The van der Waals surface area contributed by atoms with Crippen molar-refractivity contribution in [2.45, 2.75) is 19.3 Å². The molecule has 5 heteroatoms. The lowest BCUT2D eigenvalue weighted by Gasteiger charge is -2.15. The van der Waals surface area contributed by atoms with E-state index in [1.807, 2.05) is 0 Å². The first-order valence-electron chi connectivity index (χ1n) is 5.86. The topological polar surface area (TPSA) is 29.1 Å². The highest BCUT2D eigenvalue weighted by molar-refractivity contribution is 6.43. The normalized spacial score (nSPS) is 16.4. The number of halogens is 3. The number of benzene rings is 1. The monoisotopic (exact) mass is 305 g/mol. The van der Waals surface area contributed by atoms with Crippen LogP contribution in [0.3, 0.4) is 0 Å². The summed E-state index contributed by atoms with van der Waals surface area (Å²) < 4.78 is 0. The van der Waals surface area contributed by atoms with Gasteiger partial charge in [-0.15, -0.1) is 11.6 Å². The third-order valence-electron chi connectivity index (χ3n) is 3.40. The SMILES string of the molecule is O=C(NCC1(CCCl)CC1)c1cccc(Cl)c1Cl. The summed E-state index contributed by atoms with van der Waals surface area (Å²) in [5.41, 5.74) is 0.633. The molecule has 0 saturated heterocycles.